The summed E-state index contributed by atoms with van der Waals surface area (Å²) in [6.45, 7) is 6.68. The minimum atomic E-state index is 0.876. The smallest absolute Gasteiger partial charge is 0.130 e. The quantitative estimate of drug-likeness (QED) is 0.171. The summed E-state index contributed by atoms with van der Waals surface area (Å²) in [6, 6.07) is 19.8. The molecule has 0 aliphatic heterocycles. The predicted molar refractivity (Wildman–Crippen MR) is 163 cm³/mol. The molecule has 0 fully saturated rings. The van der Waals surface area contributed by atoms with Crippen molar-refractivity contribution in [1.29, 1.82) is 0 Å². The number of hydrogen-bond donors (Lipinski definition) is 2. The lowest BCUT2D eigenvalue weighted by Crippen LogP contribution is -1.99. The predicted octanol–water partition coefficient (Wildman–Crippen LogP) is 10.7. The Kier molecular flexibility index (Phi) is 13.1. The lowest BCUT2D eigenvalue weighted by atomic mass is 10.0. The minimum Gasteiger partial charge on any atom is -0.354 e. The van der Waals surface area contributed by atoms with Crippen molar-refractivity contribution < 1.29 is 0 Å². The van der Waals surface area contributed by atoms with Crippen LogP contribution in [0.25, 0.3) is 0 Å². The molecule has 1 heterocycles. The summed E-state index contributed by atoms with van der Waals surface area (Å²) in [5.74, 6) is 0.876. The van der Waals surface area contributed by atoms with Gasteiger partial charge in [0.2, 0.25) is 0 Å². The number of nitrogens with one attached hydrogen (secondary N) is 2. The van der Waals surface area contributed by atoms with Crippen LogP contribution in [0.3, 0.4) is 0 Å². The number of rotatable bonds is 18. The number of aromatic nitrogens is 1. The van der Waals surface area contributed by atoms with Crippen LogP contribution < -0.4 is 10.6 Å². The number of nitrogens with zero attached hydrogens (tertiary/aromatic N) is 1. The molecule has 3 nitrogen and oxygen atoms in total. The second-order valence-corrected chi connectivity index (χ2v) is 10.6. The molecule has 0 aliphatic rings. The van der Waals surface area contributed by atoms with Crippen molar-refractivity contribution >= 4 is 22.9 Å². The van der Waals surface area contributed by atoms with Gasteiger partial charge in [0.25, 0.3) is 0 Å². The molecule has 0 spiro atoms. The molecule has 0 radical (unpaired) electrons. The van der Waals surface area contributed by atoms with E-state index in [1.807, 2.05) is 6.20 Å². The van der Waals surface area contributed by atoms with Gasteiger partial charge in [-0.3, -0.25) is 0 Å². The first kappa shape index (κ1) is 28.8. The highest BCUT2D eigenvalue weighted by Gasteiger charge is 2.04. The molecule has 0 amide bonds. The Balaban J connectivity index is 1.43. The van der Waals surface area contributed by atoms with Gasteiger partial charge in [-0.05, 0) is 79.6 Å². The monoisotopic (exact) mass is 499 g/mol. The normalized spacial score (nSPS) is 11.0. The van der Waals surface area contributed by atoms with Crippen molar-refractivity contribution in [3.63, 3.8) is 0 Å². The van der Waals surface area contributed by atoms with Crippen LogP contribution in [0.2, 0.25) is 0 Å². The van der Waals surface area contributed by atoms with Gasteiger partial charge in [0.05, 0.1) is 11.9 Å². The van der Waals surface area contributed by atoms with Crippen LogP contribution in [0.15, 0.2) is 60.8 Å². The topological polar surface area (TPSA) is 37.0 Å². The zero-order valence-electron chi connectivity index (χ0n) is 23.6. The van der Waals surface area contributed by atoms with Gasteiger partial charge in [0.15, 0.2) is 0 Å². The molecule has 3 heteroatoms. The van der Waals surface area contributed by atoms with Crippen LogP contribution >= 0.6 is 0 Å². The number of pyridine rings is 1. The number of benzene rings is 2. The van der Waals surface area contributed by atoms with E-state index in [0.717, 1.165) is 22.9 Å². The van der Waals surface area contributed by atoms with Crippen molar-refractivity contribution in [3.8, 4) is 0 Å². The average molecular weight is 500 g/mol. The van der Waals surface area contributed by atoms with Crippen LogP contribution in [0, 0.1) is 6.92 Å². The van der Waals surface area contributed by atoms with Crippen molar-refractivity contribution in [3.05, 3.63) is 77.5 Å². The molecule has 0 atom stereocenters. The minimum absolute atomic E-state index is 0.876. The third-order valence-corrected chi connectivity index (χ3v) is 7.21. The van der Waals surface area contributed by atoms with E-state index in [1.165, 1.54) is 107 Å². The second-order valence-electron chi connectivity index (χ2n) is 10.6. The van der Waals surface area contributed by atoms with Gasteiger partial charge < -0.3 is 10.6 Å². The molecule has 0 bridgehead atoms. The molecule has 0 aliphatic carbocycles. The average Bonchev–Trinajstić information content (AvgIpc) is 2.91. The summed E-state index contributed by atoms with van der Waals surface area (Å²) in [7, 11) is 0. The molecule has 3 aromatic rings. The van der Waals surface area contributed by atoms with Gasteiger partial charge in [0, 0.05) is 11.4 Å². The number of unbranched alkanes of at least 4 members (excludes halogenated alkanes) is 10. The van der Waals surface area contributed by atoms with E-state index in [0.29, 0.717) is 0 Å². The fourth-order valence-corrected chi connectivity index (χ4v) is 4.79. The zero-order valence-corrected chi connectivity index (χ0v) is 23.6. The molecular weight excluding hydrogens is 450 g/mol. The summed E-state index contributed by atoms with van der Waals surface area (Å²) >= 11 is 0. The molecule has 2 N–H and O–H groups in total. The molecule has 2 aromatic carbocycles. The standard InChI is InChI=1S/C34H49N3/c1-4-6-8-10-12-14-16-29-18-22-31(23-19-29)36-33-27-35-34(26-28(33)3)37-32-24-20-30(21-25-32)17-15-13-11-9-7-5-2/h18-27,36H,4-17H2,1-3H3,(H,35,37). The van der Waals surface area contributed by atoms with E-state index < -0.39 is 0 Å². The van der Waals surface area contributed by atoms with Crippen LogP contribution in [0.1, 0.15) is 108 Å². The number of aryl methyl sites for hydroxylation is 3. The van der Waals surface area contributed by atoms with Crippen LogP contribution in [-0.2, 0) is 12.8 Å². The third-order valence-electron chi connectivity index (χ3n) is 7.21. The molecule has 1 aromatic heterocycles. The Labute approximate surface area is 226 Å². The van der Waals surface area contributed by atoms with Gasteiger partial charge in [0.1, 0.15) is 5.82 Å². The Morgan fingerprint density at radius 2 is 1.03 bits per heavy atom. The molecule has 0 saturated heterocycles. The van der Waals surface area contributed by atoms with Crippen molar-refractivity contribution in [2.45, 2.75) is 111 Å². The highest BCUT2D eigenvalue weighted by atomic mass is 15.0. The van der Waals surface area contributed by atoms with Gasteiger partial charge in [-0.15, -0.1) is 0 Å². The van der Waals surface area contributed by atoms with E-state index in [9.17, 15) is 0 Å². The van der Waals surface area contributed by atoms with Gasteiger partial charge in [-0.2, -0.15) is 0 Å². The van der Waals surface area contributed by atoms with E-state index in [2.05, 4.69) is 91.0 Å². The van der Waals surface area contributed by atoms with Crippen molar-refractivity contribution in [1.82, 2.24) is 4.98 Å². The largest absolute Gasteiger partial charge is 0.354 e. The molecule has 0 saturated carbocycles. The highest BCUT2D eigenvalue weighted by Crippen LogP contribution is 2.24. The lowest BCUT2D eigenvalue weighted by molar-refractivity contribution is 0.607. The SMILES string of the molecule is CCCCCCCCc1ccc(Nc2cc(C)c(Nc3ccc(CCCCCCCC)cc3)cn2)cc1. The Morgan fingerprint density at radius 3 is 1.51 bits per heavy atom. The molecule has 3 rings (SSSR count). The highest BCUT2D eigenvalue weighted by molar-refractivity contribution is 5.66. The van der Waals surface area contributed by atoms with Gasteiger partial charge in [-0.1, -0.05) is 102 Å². The van der Waals surface area contributed by atoms with E-state index in [1.54, 1.807) is 0 Å². The fraction of sp³-hybridized carbons (Fsp3) is 0.500. The van der Waals surface area contributed by atoms with Crippen LogP contribution in [-0.4, -0.2) is 4.98 Å². The summed E-state index contributed by atoms with van der Waals surface area (Å²) in [5.41, 5.74) is 7.26. The zero-order chi connectivity index (χ0) is 26.1. The van der Waals surface area contributed by atoms with E-state index in [-0.39, 0.29) is 0 Å². The molecule has 37 heavy (non-hydrogen) atoms. The van der Waals surface area contributed by atoms with Crippen molar-refractivity contribution in [2.75, 3.05) is 10.6 Å². The first-order valence-electron chi connectivity index (χ1n) is 14.9. The Morgan fingerprint density at radius 1 is 0.568 bits per heavy atom. The maximum atomic E-state index is 4.65. The summed E-state index contributed by atoms with van der Waals surface area (Å²) < 4.78 is 0. The first-order chi connectivity index (χ1) is 18.2. The number of anilines is 4. The number of hydrogen-bond acceptors (Lipinski definition) is 3. The van der Waals surface area contributed by atoms with Crippen LogP contribution in [0.4, 0.5) is 22.9 Å². The molecule has 0 unspecified atom stereocenters. The van der Waals surface area contributed by atoms with Gasteiger partial charge >= 0.3 is 0 Å². The maximum absolute atomic E-state index is 4.65. The first-order valence-corrected chi connectivity index (χ1v) is 14.9. The summed E-state index contributed by atoms with van der Waals surface area (Å²) in [5, 5.41) is 6.99. The third kappa shape index (κ3) is 11.0. The maximum Gasteiger partial charge on any atom is 0.130 e. The van der Waals surface area contributed by atoms with Crippen LogP contribution in [0.5, 0.6) is 0 Å². The summed E-state index contributed by atoms with van der Waals surface area (Å²) in [4.78, 5) is 4.65. The van der Waals surface area contributed by atoms with E-state index in [4.69, 9.17) is 0 Å². The Hall–Kier alpha value is -2.81. The summed E-state index contributed by atoms with van der Waals surface area (Å²) in [6.07, 6.45) is 20.4. The van der Waals surface area contributed by atoms with Gasteiger partial charge in [-0.25, -0.2) is 4.98 Å². The fourth-order valence-electron chi connectivity index (χ4n) is 4.79. The lowest BCUT2D eigenvalue weighted by Gasteiger charge is -2.13. The van der Waals surface area contributed by atoms with Crippen molar-refractivity contribution in [2.24, 2.45) is 0 Å². The molecule has 200 valence electrons. The second kappa shape index (κ2) is 16.8. The van der Waals surface area contributed by atoms with E-state index >= 15 is 0 Å². The molecular formula is C34H49N3. The Bertz CT molecular complexity index is 1010.